The number of likely N-dealkylation sites (tertiary alicyclic amines) is 1. The predicted molar refractivity (Wildman–Crippen MR) is 59.3 cm³/mol. The van der Waals surface area contributed by atoms with Gasteiger partial charge in [0.25, 0.3) is 0 Å². The zero-order chi connectivity index (χ0) is 12.3. The summed E-state index contributed by atoms with van der Waals surface area (Å²) >= 11 is 0. The van der Waals surface area contributed by atoms with Crippen molar-refractivity contribution in [1.82, 2.24) is 4.90 Å². The molecule has 0 radical (unpaired) electrons. The van der Waals surface area contributed by atoms with Gasteiger partial charge in [-0.1, -0.05) is 27.2 Å². The quantitative estimate of drug-likeness (QED) is 0.718. The number of nitrogens with zero attached hydrogens (tertiary/aromatic N) is 1. The van der Waals surface area contributed by atoms with Crippen LogP contribution in [0, 0.1) is 5.92 Å². The average molecular weight is 237 g/mol. The minimum absolute atomic E-state index is 0.122. The van der Waals surface area contributed by atoms with Crippen LogP contribution in [0.25, 0.3) is 0 Å². The Labute approximate surface area is 96.0 Å². The van der Waals surface area contributed by atoms with E-state index < -0.39 is 12.7 Å². The Bertz CT molecular complexity index is 215. The molecular weight excluding hydrogens is 215 g/mol. The number of alkyl halides is 3. The molecule has 3 atom stereocenters. The first-order valence-corrected chi connectivity index (χ1v) is 6.25. The van der Waals surface area contributed by atoms with Crippen LogP contribution in [0.3, 0.4) is 0 Å². The normalized spacial score (nSPS) is 32.2. The van der Waals surface area contributed by atoms with Crippen molar-refractivity contribution in [3.63, 3.8) is 0 Å². The van der Waals surface area contributed by atoms with Crippen molar-refractivity contribution in [2.24, 2.45) is 5.92 Å². The molecule has 1 heterocycles. The van der Waals surface area contributed by atoms with E-state index in [2.05, 4.69) is 6.92 Å². The lowest BCUT2D eigenvalue weighted by Crippen LogP contribution is -2.43. The highest BCUT2D eigenvalue weighted by molar-refractivity contribution is 4.92. The van der Waals surface area contributed by atoms with Gasteiger partial charge in [0, 0.05) is 12.1 Å². The van der Waals surface area contributed by atoms with E-state index in [0.29, 0.717) is 5.92 Å². The highest BCUT2D eigenvalue weighted by atomic mass is 19.4. The summed E-state index contributed by atoms with van der Waals surface area (Å²) in [4.78, 5) is 1.69. The van der Waals surface area contributed by atoms with Crippen molar-refractivity contribution >= 4 is 0 Å². The maximum Gasteiger partial charge on any atom is 0.401 e. The molecular formula is C12H22F3N. The molecule has 0 amide bonds. The van der Waals surface area contributed by atoms with Gasteiger partial charge in [-0.25, -0.2) is 0 Å². The van der Waals surface area contributed by atoms with Crippen LogP contribution in [0.2, 0.25) is 0 Å². The number of halogens is 3. The van der Waals surface area contributed by atoms with Crippen LogP contribution in [0.15, 0.2) is 0 Å². The predicted octanol–water partition coefficient (Wildman–Crippen LogP) is 3.84. The summed E-state index contributed by atoms with van der Waals surface area (Å²) in [6, 6.07) is 0.244. The second-order valence-electron chi connectivity index (χ2n) is 4.73. The third-order valence-corrected chi connectivity index (χ3v) is 3.79. The van der Waals surface area contributed by atoms with Crippen LogP contribution in [0.5, 0.6) is 0 Å². The summed E-state index contributed by atoms with van der Waals surface area (Å²) in [5.74, 6) is 0.442. The Hall–Kier alpha value is -0.250. The summed E-state index contributed by atoms with van der Waals surface area (Å²) in [6.45, 7) is 5.32. The molecule has 0 N–H and O–H groups in total. The molecule has 1 fully saturated rings. The fraction of sp³-hybridized carbons (Fsp3) is 1.00. The lowest BCUT2D eigenvalue weighted by molar-refractivity contribution is -0.153. The molecule has 1 saturated heterocycles. The van der Waals surface area contributed by atoms with Crippen molar-refractivity contribution < 1.29 is 13.2 Å². The second kappa shape index (κ2) is 5.39. The van der Waals surface area contributed by atoms with Crippen molar-refractivity contribution in [3.8, 4) is 0 Å². The first-order valence-electron chi connectivity index (χ1n) is 6.25. The Morgan fingerprint density at radius 1 is 1.06 bits per heavy atom. The van der Waals surface area contributed by atoms with Crippen molar-refractivity contribution in [2.45, 2.75) is 64.7 Å². The van der Waals surface area contributed by atoms with Crippen LogP contribution in [-0.2, 0) is 0 Å². The maximum absolute atomic E-state index is 12.5. The monoisotopic (exact) mass is 237 g/mol. The van der Waals surface area contributed by atoms with E-state index in [-0.39, 0.29) is 12.1 Å². The smallest absolute Gasteiger partial charge is 0.289 e. The number of hydrogen-bond acceptors (Lipinski definition) is 1. The molecule has 0 aromatic heterocycles. The summed E-state index contributed by atoms with van der Waals surface area (Å²) in [5.41, 5.74) is 0. The summed E-state index contributed by atoms with van der Waals surface area (Å²) in [5, 5.41) is 0. The molecule has 1 nitrogen and oxygen atoms in total. The molecule has 0 bridgehead atoms. The van der Waals surface area contributed by atoms with E-state index in [1.807, 2.05) is 13.8 Å². The first kappa shape index (κ1) is 13.8. The molecule has 0 spiro atoms. The maximum atomic E-state index is 12.5. The Balaban J connectivity index is 2.75. The van der Waals surface area contributed by atoms with Gasteiger partial charge in [-0.15, -0.1) is 0 Å². The van der Waals surface area contributed by atoms with E-state index in [4.69, 9.17) is 0 Å². The molecule has 0 aromatic carbocycles. The Kier molecular flexibility index (Phi) is 4.65. The molecule has 0 aromatic rings. The first-order chi connectivity index (χ1) is 7.42. The van der Waals surface area contributed by atoms with E-state index in [1.165, 1.54) is 0 Å². The lowest BCUT2D eigenvalue weighted by atomic mass is 9.94. The SMILES string of the molecule is CCC1C[C@@H](CC)C(CC)N1CC(F)(F)F. The van der Waals surface area contributed by atoms with E-state index in [1.54, 1.807) is 4.90 Å². The van der Waals surface area contributed by atoms with Gasteiger partial charge in [0.15, 0.2) is 0 Å². The van der Waals surface area contributed by atoms with Gasteiger partial charge in [0.2, 0.25) is 0 Å². The summed E-state index contributed by atoms with van der Waals surface area (Å²) in [7, 11) is 0. The van der Waals surface area contributed by atoms with E-state index in [9.17, 15) is 13.2 Å². The Morgan fingerprint density at radius 2 is 1.69 bits per heavy atom. The van der Waals surface area contributed by atoms with Gasteiger partial charge >= 0.3 is 6.18 Å². The molecule has 2 unspecified atom stereocenters. The topological polar surface area (TPSA) is 3.24 Å². The van der Waals surface area contributed by atoms with Crippen LogP contribution in [0.4, 0.5) is 13.2 Å². The molecule has 4 heteroatoms. The largest absolute Gasteiger partial charge is 0.401 e. The molecule has 0 aliphatic carbocycles. The fourth-order valence-electron chi connectivity index (χ4n) is 3.04. The zero-order valence-electron chi connectivity index (χ0n) is 10.3. The second-order valence-corrected chi connectivity index (χ2v) is 4.73. The van der Waals surface area contributed by atoms with Crippen molar-refractivity contribution in [3.05, 3.63) is 0 Å². The summed E-state index contributed by atoms with van der Waals surface area (Å²) in [6.07, 6.45) is -0.497. The highest BCUT2D eigenvalue weighted by Gasteiger charge is 2.43. The number of rotatable bonds is 4. The van der Waals surface area contributed by atoms with Gasteiger partial charge in [0.1, 0.15) is 0 Å². The average Bonchev–Trinajstić information content (AvgIpc) is 2.52. The Morgan fingerprint density at radius 3 is 2.06 bits per heavy atom. The van der Waals surface area contributed by atoms with Crippen LogP contribution in [0.1, 0.15) is 46.5 Å². The van der Waals surface area contributed by atoms with Gasteiger partial charge in [-0.2, -0.15) is 13.2 Å². The molecule has 16 heavy (non-hydrogen) atoms. The zero-order valence-corrected chi connectivity index (χ0v) is 10.3. The van der Waals surface area contributed by atoms with E-state index >= 15 is 0 Å². The fourth-order valence-corrected chi connectivity index (χ4v) is 3.04. The molecule has 1 aliphatic heterocycles. The third kappa shape index (κ3) is 3.12. The van der Waals surface area contributed by atoms with Crippen molar-refractivity contribution in [2.75, 3.05) is 6.54 Å². The minimum Gasteiger partial charge on any atom is -0.289 e. The third-order valence-electron chi connectivity index (χ3n) is 3.79. The lowest BCUT2D eigenvalue weighted by Gasteiger charge is -2.31. The highest BCUT2D eigenvalue weighted by Crippen LogP contribution is 2.37. The summed E-state index contributed by atoms with van der Waals surface area (Å²) < 4.78 is 37.5. The van der Waals surface area contributed by atoms with Gasteiger partial charge < -0.3 is 0 Å². The van der Waals surface area contributed by atoms with Gasteiger partial charge in [-0.3, -0.25) is 4.90 Å². The number of hydrogen-bond donors (Lipinski definition) is 0. The molecule has 0 saturated carbocycles. The van der Waals surface area contributed by atoms with Crippen LogP contribution < -0.4 is 0 Å². The molecule has 1 rings (SSSR count). The van der Waals surface area contributed by atoms with Crippen molar-refractivity contribution in [1.29, 1.82) is 0 Å². The van der Waals surface area contributed by atoms with Gasteiger partial charge in [-0.05, 0) is 25.2 Å². The molecule has 1 aliphatic rings. The van der Waals surface area contributed by atoms with E-state index in [0.717, 1.165) is 25.7 Å². The van der Waals surface area contributed by atoms with Crippen LogP contribution in [-0.4, -0.2) is 29.7 Å². The van der Waals surface area contributed by atoms with Gasteiger partial charge in [0.05, 0.1) is 6.54 Å². The minimum atomic E-state index is -4.07. The molecule has 96 valence electrons. The van der Waals surface area contributed by atoms with Crippen LogP contribution >= 0.6 is 0 Å². The standard InChI is InChI=1S/C12H22F3N/c1-4-9-7-10(5-2)16(11(9)6-3)8-12(13,14)15/h9-11H,4-8H2,1-3H3/t9-,10?,11?/m1/s1.